The van der Waals surface area contributed by atoms with Crippen molar-refractivity contribution in [1.82, 2.24) is 14.7 Å². The molecule has 1 aromatic carbocycles. The largest absolute Gasteiger partial charge is 0.396 e. The number of nitrogens with zero attached hydrogens (tertiary/aromatic N) is 3. The zero-order valence-corrected chi connectivity index (χ0v) is 26.3. The van der Waals surface area contributed by atoms with Gasteiger partial charge in [0, 0.05) is 44.1 Å². The number of unbranched alkanes of at least 4 members (excludes halogenated alkanes) is 4. The molecule has 0 aromatic heterocycles. The molecule has 1 spiro atoms. The zero-order valence-electron chi connectivity index (χ0n) is 25.5. The highest BCUT2D eigenvalue weighted by Crippen LogP contribution is 2.71. The Morgan fingerprint density at radius 3 is 2.38 bits per heavy atom. The molecule has 42 heavy (non-hydrogen) atoms. The number of aliphatic hydroxyl groups excluding tert-OH is 1. The predicted molar refractivity (Wildman–Crippen MR) is 170 cm³/mol. The Kier molecular flexibility index (Phi) is 11.0. The molecule has 3 aliphatic heterocycles. The SMILES string of the molecule is C=CCN(CCCC)C(=O)C1N(CCCCCCO)C(=O)[C@@H]2[C@H](C(=O)N(CC=C)Cc3ccccc3)[C@]3(C)CCC12S3. The van der Waals surface area contributed by atoms with E-state index in [-0.39, 0.29) is 24.3 Å². The van der Waals surface area contributed by atoms with E-state index in [2.05, 4.69) is 27.0 Å². The van der Waals surface area contributed by atoms with Gasteiger partial charge in [-0.05, 0) is 44.6 Å². The third kappa shape index (κ3) is 6.21. The topological polar surface area (TPSA) is 81.2 Å². The summed E-state index contributed by atoms with van der Waals surface area (Å²) in [6.07, 6.45) is 10.2. The molecular formula is C34H49N3O4S. The van der Waals surface area contributed by atoms with Crippen LogP contribution in [0.15, 0.2) is 55.6 Å². The summed E-state index contributed by atoms with van der Waals surface area (Å²) in [5.41, 5.74) is 1.04. The van der Waals surface area contributed by atoms with Gasteiger partial charge in [-0.3, -0.25) is 14.4 Å². The first-order valence-electron chi connectivity index (χ1n) is 15.7. The lowest BCUT2D eigenvalue weighted by molar-refractivity contribution is -0.146. The van der Waals surface area contributed by atoms with Gasteiger partial charge >= 0.3 is 0 Å². The van der Waals surface area contributed by atoms with Crippen molar-refractivity contribution in [3.63, 3.8) is 0 Å². The fourth-order valence-electron chi connectivity index (χ4n) is 7.43. The van der Waals surface area contributed by atoms with Gasteiger partial charge in [0.15, 0.2) is 0 Å². The van der Waals surface area contributed by atoms with Crippen LogP contribution in [0.2, 0.25) is 0 Å². The van der Waals surface area contributed by atoms with E-state index in [1.54, 1.807) is 23.9 Å². The average Bonchev–Trinajstić information content (AvgIpc) is 3.55. The fourth-order valence-corrected chi connectivity index (χ4v) is 9.77. The number of likely N-dealkylation sites (tertiary alicyclic amines) is 1. The summed E-state index contributed by atoms with van der Waals surface area (Å²) < 4.78 is -1.03. The molecule has 3 amide bonds. The molecule has 5 atom stereocenters. The number of aliphatic hydroxyl groups is 1. The van der Waals surface area contributed by atoms with Gasteiger partial charge in [-0.15, -0.1) is 24.9 Å². The first-order chi connectivity index (χ1) is 20.3. The average molecular weight is 596 g/mol. The lowest BCUT2D eigenvalue weighted by Crippen LogP contribution is -2.55. The van der Waals surface area contributed by atoms with Crippen molar-refractivity contribution in [2.24, 2.45) is 11.8 Å². The van der Waals surface area contributed by atoms with Crippen LogP contribution in [0.3, 0.4) is 0 Å². The van der Waals surface area contributed by atoms with Crippen molar-refractivity contribution in [3.05, 3.63) is 61.2 Å². The molecule has 0 radical (unpaired) electrons. The second kappa shape index (κ2) is 14.3. The Morgan fingerprint density at radius 2 is 1.71 bits per heavy atom. The Hall–Kier alpha value is -2.58. The van der Waals surface area contributed by atoms with Crippen LogP contribution in [0.1, 0.15) is 70.8 Å². The van der Waals surface area contributed by atoms with E-state index < -0.39 is 27.4 Å². The summed E-state index contributed by atoms with van der Waals surface area (Å²) in [5.74, 6) is -1.09. The molecule has 3 saturated heterocycles. The van der Waals surface area contributed by atoms with Crippen LogP contribution < -0.4 is 0 Å². The number of benzene rings is 1. The number of rotatable bonds is 17. The maximum atomic E-state index is 14.5. The molecular weight excluding hydrogens is 546 g/mol. The van der Waals surface area contributed by atoms with E-state index in [1.165, 1.54) is 0 Å². The second-order valence-electron chi connectivity index (χ2n) is 12.3. The van der Waals surface area contributed by atoms with E-state index in [1.807, 2.05) is 45.0 Å². The summed E-state index contributed by atoms with van der Waals surface area (Å²) in [5, 5.41) is 9.21. The Bertz CT molecular complexity index is 1130. The minimum atomic E-state index is -0.618. The van der Waals surface area contributed by atoms with Crippen LogP contribution in [0.5, 0.6) is 0 Å². The standard InChI is InChI=1S/C34H49N3O4S/c1-5-8-22-35(20-6-2)32(41)29-34-19-18-33(4,42-34)27(28(34)31(40)37(29)23-14-9-10-15-24-38)30(39)36(21-7-3)25-26-16-12-11-13-17-26/h6-7,11-13,16-17,27-29,38H,2-3,5,8-10,14-15,18-25H2,1,4H3/t27-,28+,29?,33+,34?/m1/s1. The minimum absolute atomic E-state index is 0.00774. The molecule has 2 unspecified atom stereocenters. The fraction of sp³-hybridized carbons (Fsp3) is 0.618. The van der Waals surface area contributed by atoms with Gasteiger partial charge in [-0.1, -0.05) is 68.7 Å². The Balaban J connectivity index is 1.69. The van der Waals surface area contributed by atoms with Gasteiger partial charge < -0.3 is 19.8 Å². The number of carbonyl (C=O) groups excluding carboxylic acids is 3. The van der Waals surface area contributed by atoms with Crippen LogP contribution in [-0.2, 0) is 20.9 Å². The number of thioether (sulfide) groups is 1. The van der Waals surface area contributed by atoms with Gasteiger partial charge in [0.05, 0.1) is 16.6 Å². The number of hydrogen-bond donors (Lipinski definition) is 1. The van der Waals surface area contributed by atoms with E-state index >= 15 is 0 Å². The summed E-state index contributed by atoms with van der Waals surface area (Å²) in [6.45, 7) is 14.6. The molecule has 4 rings (SSSR count). The highest BCUT2D eigenvalue weighted by atomic mass is 32.2. The van der Waals surface area contributed by atoms with Gasteiger partial charge in [-0.2, -0.15) is 0 Å². The number of carbonyl (C=O) groups is 3. The second-order valence-corrected chi connectivity index (χ2v) is 14.2. The minimum Gasteiger partial charge on any atom is -0.396 e. The quantitative estimate of drug-likeness (QED) is 0.201. The molecule has 230 valence electrons. The van der Waals surface area contributed by atoms with Crippen LogP contribution in [0.4, 0.5) is 0 Å². The number of amides is 3. The highest BCUT2D eigenvalue weighted by molar-refractivity contribution is 8.02. The molecule has 2 bridgehead atoms. The van der Waals surface area contributed by atoms with Crippen LogP contribution >= 0.6 is 11.8 Å². The molecule has 7 nitrogen and oxygen atoms in total. The van der Waals surface area contributed by atoms with E-state index in [9.17, 15) is 19.5 Å². The third-order valence-electron chi connectivity index (χ3n) is 9.40. The lowest BCUT2D eigenvalue weighted by atomic mass is 9.66. The van der Waals surface area contributed by atoms with Gasteiger partial charge in [-0.25, -0.2) is 0 Å². The zero-order chi connectivity index (χ0) is 30.3. The lowest BCUT2D eigenvalue weighted by Gasteiger charge is -2.38. The molecule has 3 heterocycles. The first-order valence-corrected chi connectivity index (χ1v) is 16.5. The number of fused-ring (bicyclic) bond motifs is 1. The first kappa shape index (κ1) is 32.3. The normalized spacial score (nSPS) is 27.6. The van der Waals surface area contributed by atoms with Gasteiger partial charge in [0.2, 0.25) is 17.7 Å². The summed E-state index contributed by atoms with van der Waals surface area (Å²) >= 11 is 1.74. The van der Waals surface area contributed by atoms with E-state index in [4.69, 9.17) is 0 Å². The third-order valence-corrected chi connectivity index (χ3v) is 11.4. The van der Waals surface area contributed by atoms with Crippen LogP contribution in [-0.4, -0.2) is 85.8 Å². The molecule has 8 heteroatoms. The van der Waals surface area contributed by atoms with Crippen molar-refractivity contribution in [2.45, 2.75) is 87.3 Å². The van der Waals surface area contributed by atoms with Crippen molar-refractivity contribution in [1.29, 1.82) is 0 Å². The molecule has 1 N–H and O–H groups in total. The molecule has 0 aliphatic carbocycles. The summed E-state index contributed by atoms with van der Waals surface area (Å²) in [6, 6.07) is 9.34. The van der Waals surface area contributed by atoms with Crippen molar-refractivity contribution in [2.75, 3.05) is 32.8 Å². The van der Waals surface area contributed by atoms with Gasteiger partial charge in [0.25, 0.3) is 0 Å². The summed E-state index contributed by atoms with van der Waals surface area (Å²) in [7, 11) is 0. The Labute approximate surface area is 256 Å². The van der Waals surface area contributed by atoms with Crippen LogP contribution in [0, 0.1) is 11.8 Å². The summed E-state index contributed by atoms with van der Waals surface area (Å²) in [4.78, 5) is 48.9. The maximum Gasteiger partial charge on any atom is 0.247 e. The molecule has 0 saturated carbocycles. The molecule has 1 aromatic rings. The van der Waals surface area contributed by atoms with Crippen molar-refractivity contribution in [3.8, 4) is 0 Å². The number of hydrogen-bond acceptors (Lipinski definition) is 5. The molecule has 3 aliphatic rings. The van der Waals surface area contributed by atoms with E-state index in [0.29, 0.717) is 32.7 Å². The van der Waals surface area contributed by atoms with E-state index in [0.717, 1.165) is 56.9 Å². The predicted octanol–water partition coefficient (Wildman–Crippen LogP) is 5.05. The molecule has 3 fully saturated rings. The van der Waals surface area contributed by atoms with Gasteiger partial charge in [0.1, 0.15) is 6.04 Å². The van der Waals surface area contributed by atoms with Crippen LogP contribution in [0.25, 0.3) is 0 Å². The van der Waals surface area contributed by atoms with Crippen molar-refractivity contribution < 1.29 is 19.5 Å². The smallest absolute Gasteiger partial charge is 0.247 e. The Morgan fingerprint density at radius 1 is 1.02 bits per heavy atom. The highest BCUT2D eigenvalue weighted by Gasteiger charge is 2.77. The van der Waals surface area contributed by atoms with Crippen molar-refractivity contribution >= 4 is 29.5 Å². The monoisotopic (exact) mass is 595 g/mol. The maximum absolute atomic E-state index is 14.5.